The molecule has 0 aliphatic rings. The summed E-state index contributed by atoms with van der Waals surface area (Å²) in [7, 11) is 2.96. The lowest BCUT2D eigenvalue weighted by Crippen LogP contribution is -2.18. The summed E-state index contributed by atoms with van der Waals surface area (Å²) in [5.41, 5.74) is 0.369. The van der Waals surface area contributed by atoms with Crippen molar-refractivity contribution in [3.8, 4) is 11.5 Å². The molecule has 0 aliphatic carbocycles. The Bertz CT molecular complexity index is 1090. The first-order valence-electron chi connectivity index (χ1n) is 8.40. The van der Waals surface area contributed by atoms with E-state index in [0.717, 1.165) is 0 Å². The summed E-state index contributed by atoms with van der Waals surface area (Å²) < 4.78 is 15.4. The van der Waals surface area contributed by atoms with Crippen LogP contribution in [0, 0.1) is 0 Å². The van der Waals surface area contributed by atoms with Crippen molar-refractivity contribution in [1.29, 1.82) is 0 Å². The molecule has 0 fully saturated rings. The van der Waals surface area contributed by atoms with Gasteiger partial charge in [-0.2, -0.15) is 5.10 Å². The van der Waals surface area contributed by atoms with E-state index in [4.69, 9.17) is 14.2 Å². The third-order valence-electron chi connectivity index (χ3n) is 4.16. The highest BCUT2D eigenvalue weighted by molar-refractivity contribution is 5.98. The Labute approximate surface area is 160 Å². The molecule has 1 aromatic heterocycles. The Morgan fingerprint density at radius 3 is 2.43 bits per heavy atom. The van der Waals surface area contributed by atoms with Crippen molar-refractivity contribution < 1.29 is 23.8 Å². The van der Waals surface area contributed by atoms with Crippen LogP contribution in [0.5, 0.6) is 11.5 Å². The van der Waals surface area contributed by atoms with E-state index in [-0.39, 0.29) is 17.8 Å². The molecule has 8 heteroatoms. The first-order valence-corrected chi connectivity index (χ1v) is 8.40. The zero-order valence-corrected chi connectivity index (χ0v) is 15.4. The van der Waals surface area contributed by atoms with Gasteiger partial charge in [0.1, 0.15) is 0 Å². The maximum Gasteiger partial charge on any atom is 0.312 e. The van der Waals surface area contributed by atoms with E-state index in [1.165, 1.54) is 20.3 Å². The maximum atomic E-state index is 12.3. The lowest BCUT2D eigenvalue weighted by atomic mass is 10.1. The number of benzene rings is 2. The number of nitrogens with zero attached hydrogens (tertiary/aromatic N) is 1. The molecule has 8 nitrogen and oxygen atoms in total. The van der Waals surface area contributed by atoms with Crippen molar-refractivity contribution in [2.75, 3.05) is 20.8 Å². The second-order valence-electron chi connectivity index (χ2n) is 5.88. The van der Waals surface area contributed by atoms with E-state index in [0.29, 0.717) is 33.5 Å². The molecule has 144 valence electrons. The third kappa shape index (κ3) is 4.01. The van der Waals surface area contributed by atoms with Gasteiger partial charge in [0.2, 0.25) is 0 Å². The highest BCUT2D eigenvalue weighted by atomic mass is 16.5. The van der Waals surface area contributed by atoms with Crippen LogP contribution in [0.25, 0.3) is 10.8 Å². The van der Waals surface area contributed by atoms with Gasteiger partial charge in [0.15, 0.2) is 23.9 Å². The number of ether oxygens (including phenoxy) is 3. The molecule has 1 N–H and O–H groups in total. The van der Waals surface area contributed by atoms with Crippen LogP contribution in [0.1, 0.15) is 16.1 Å². The number of carbonyl (C=O) groups excluding carboxylic acids is 2. The molecule has 0 bridgehead atoms. The molecule has 0 amide bonds. The fourth-order valence-electron chi connectivity index (χ4n) is 2.73. The first kappa shape index (κ1) is 19.1. The van der Waals surface area contributed by atoms with Gasteiger partial charge in [-0.3, -0.25) is 14.4 Å². The van der Waals surface area contributed by atoms with Crippen LogP contribution in [0.3, 0.4) is 0 Å². The molecule has 0 saturated carbocycles. The molecule has 3 rings (SSSR count). The molecule has 0 spiro atoms. The summed E-state index contributed by atoms with van der Waals surface area (Å²) >= 11 is 0. The summed E-state index contributed by atoms with van der Waals surface area (Å²) in [5, 5.41) is 7.27. The number of H-pyrrole nitrogens is 1. The van der Waals surface area contributed by atoms with Crippen LogP contribution in [0.15, 0.2) is 47.3 Å². The average Bonchev–Trinajstić information content (AvgIpc) is 2.73. The van der Waals surface area contributed by atoms with E-state index in [9.17, 15) is 14.4 Å². The van der Waals surface area contributed by atoms with Crippen LogP contribution in [-0.2, 0) is 16.0 Å². The highest BCUT2D eigenvalue weighted by Crippen LogP contribution is 2.27. The van der Waals surface area contributed by atoms with Crippen LogP contribution < -0.4 is 15.0 Å². The summed E-state index contributed by atoms with van der Waals surface area (Å²) in [4.78, 5) is 36.2. The molecule has 2 aromatic carbocycles. The molecule has 0 unspecified atom stereocenters. The van der Waals surface area contributed by atoms with Gasteiger partial charge in [-0.15, -0.1) is 0 Å². The van der Waals surface area contributed by atoms with Gasteiger partial charge in [0, 0.05) is 10.9 Å². The van der Waals surface area contributed by atoms with Gasteiger partial charge in [0.05, 0.1) is 31.7 Å². The zero-order valence-electron chi connectivity index (χ0n) is 15.4. The Balaban J connectivity index is 1.67. The number of aromatic amines is 1. The lowest BCUT2D eigenvalue weighted by molar-refractivity contribution is -0.141. The smallest absolute Gasteiger partial charge is 0.312 e. The van der Waals surface area contributed by atoms with Crippen molar-refractivity contribution >= 4 is 22.5 Å². The van der Waals surface area contributed by atoms with Crippen molar-refractivity contribution in [1.82, 2.24) is 10.2 Å². The minimum atomic E-state index is -0.626. The number of nitrogens with one attached hydrogen (secondary N) is 1. The Morgan fingerprint density at radius 2 is 1.71 bits per heavy atom. The number of ketones is 1. The summed E-state index contributed by atoms with van der Waals surface area (Å²) in [6.45, 7) is -0.421. The molecular formula is C20H18N2O6. The van der Waals surface area contributed by atoms with E-state index >= 15 is 0 Å². The van der Waals surface area contributed by atoms with Gasteiger partial charge in [0.25, 0.3) is 5.56 Å². The standard InChI is InChI=1S/C20H18N2O6/c1-26-17-8-7-12(9-18(17)27-2)16(23)11-28-19(24)10-15-13-5-3-4-6-14(13)20(25)22-21-15/h3-9H,10-11H2,1-2H3,(H,22,25). The number of methoxy groups -OCH3 is 2. The number of hydrogen-bond donors (Lipinski definition) is 1. The number of esters is 1. The largest absolute Gasteiger partial charge is 0.493 e. The Hall–Kier alpha value is -3.68. The van der Waals surface area contributed by atoms with E-state index < -0.39 is 12.6 Å². The van der Waals surface area contributed by atoms with E-state index in [2.05, 4.69) is 10.2 Å². The summed E-state index contributed by atoms with van der Waals surface area (Å²) in [5.74, 6) is -0.109. The Morgan fingerprint density at radius 1 is 1.00 bits per heavy atom. The summed E-state index contributed by atoms with van der Waals surface area (Å²) in [6, 6.07) is 11.5. The fourth-order valence-corrected chi connectivity index (χ4v) is 2.73. The lowest BCUT2D eigenvalue weighted by Gasteiger charge is -2.09. The first-order chi connectivity index (χ1) is 13.5. The minimum Gasteiger partial charge on any atom is -0.493 e. The number of Topliss-reactive ketones (excluding diaryl/α,β-unsaturated/α-hetero) is 1. The zero-order chi connectivity index (χ0) is 20.1. The number of fused-ring (bicyclic) bond motifs is 1. The molecule has 3 aromatic rings. The second-order valence-corrected chi connectivity index (χ2v) is 5.88. The molecule has 0 saturated heterocycles. The van der Waals surface area contributed by atoms with Crippen LogP contribution >= 0.6 is 0 Å². The minimum absolute atomic E-state index is 0.170. The molecule has 0 radical (unpaired) electrons. The van der Waals surface area contributed by atoms with Crippen LogP contribution in [-0.4, -0.2) is 42.8 Å². The fraction of sp³-hybridized carbons (Fsp3) is 0.200. The molecular weight excluding hydrogens is 364 g/mol. The van der Waals surface area contributed by atoms with Gasteiger partial charge in [-0.1, -0.05) is 18.2 Å². The monoisotopic (exact) mass is 382 g/mol. The van der Waals surface area contributed by atoms with Gasteiger partial charge >= 0.3 is 5.97 Å². The predicted molar refractivity (Wildman–Crippen MR) is 101 cm³/mol. The highest BCUT2D eigenvalue weighted by Gasteiger charge is 2.15. The average molecular weight is 382 g/mol. The van der Waals surface area contributed by atoms with Crippen LogP contribution in [0.4, 0.5) is 0 Å². The second kappa shape index (κ2) is 8.34. The quantitative estimate of drug-likeness (QED) is 0.491. The number of carbonyl (C=O) groups is 2. The SMILES string of the molecule is COc1ccc(C(=O)COC(=O)Cc2n[nH]c(=O)c3ccccc23)cc1OC. The molecule has 1 heterocycles. The number of hydrogen-bond acceptors (Lipinski definition) is 7. The summed E-state index contributed by atoms with van der Waals surface area (Å²) in [6.07, 6.45) is -0.170. The maximum absolute atomic E-state index is 12.3. The predicted octanol–water partition coefficient (Wildman–Crippen LogP) is 1.91. The van der Waals surface area contributed by atoms with Crippen molar-refractivity contribution in [3.63, 3.8) is 0 Å². The van der Waals surface area contributed by atoms with Crippen molar-refractivity contribution in [2.24, 2.45) is 0 Å². The van der Waals surface area contributed by atoms with Gasteiger partial charge < -0.3 is 14.2 Å². The third-order valence-corrected chi connectivity index (χ3v) is 4.16. The van der Waals surface area contributed by atoms with Crippen molar-refractivity contribution in [2.45, 2.75) is 6.42 Å². The normalized spacial score (nSPS) is 10.5. The van der Waals surface area contributed by atoms with Gasteiger partial charge in [-0.25, -0.2) is 5.10 Å². The van der Waals surface area contributed by atoms with E-state index in [1.807, 2.05) is 0 Å². The topological polar surface area (TPSA) is 108 Å². The van der Waals surface area contributed by atoms with Gasteiger partial charge in [-0.05, 0) is 24.3 Å². The van der Waals surface area contributed by atoms with Crippen molar-refractivity contribution in [3.05, 3.63) is 64.1 Å². The van der Waals surface area contributed by atoms with E-state index in [1.54, 1.807) is 36.4 Å². The number of aromatic nitrogens is 2. The molecule has 0 aliphatic heterocycles. The Kier molecular flexibility index (Phi) is 5.69. The molecule has 0 atom stereocenters. The molecule has 28 heavy (non-hydrogen) atoms. The van der Waals surface area contributed by atoms with Crippen LogP contribution in [0.2, 0.25) is 0 Å². The number of rotatable bonds is 7.